The fourth-order valence-corrected chi connectivity index (χ4v) is 5.62. The van der Waals surface area contributed by atoms with Gasteiger partial charge in [0.1, 0.15) is 28.9 Å². The molecule has 0 aromatic heterocycles. The summed E-state index contributed by atoms with van der Waals surface area (Å²) < 4.78 is 0. The summed E-state index contributed by atoms with van der Waals surface area (Å²) in [7, 11) is 0. The van der Waals surface area contributed by atoms with E-state index in [2.05, 4.69) is 4.99 Å². The van der Waals surface area contributed by atoms with Gasteiger partial charge in [0.05, 0.1) is 6.42 Å². The van der Waals surface area contributed by atoms with Crippen LogP contribution >= 0.6 is 0 Å². The lowest BCUT2D eigenvalue weighted by Crippen LogP contribution is -2.30. The van der Waals surface area contributed by atoms with Gasteiger partial charge in [-0.2, -0.15) is 0 Å². The highest BCUT2D eigenvalue weighted by Gasteiger charge is 2.34. The number of Topliss-reactive ketones (excluding diaryl/α,β-unsaturated/α-hetero) is 5. The number of hydrogen-bond acceptors (Lipinski definition) is 8. The van der Waals surface area contributed by atoms with Gasteiger partial charge in [-0.3, -0.25) is 33.8 Å². The van der Waals surface area contributed by atoms with E-state index < -0.39 is 47.6 Å². The molecule has 4 atom stereocenters. The topological polar surface area (TPSA) is 213 Å². The van der Waals surface area contributed by atoms with Gasteiger partial charge < -0.3 is 22.3 Å². The zero-order chi connectivity index (χ0) is 31.8. The van der Waals surface area contributed by atoms with Gasteiger partial charge in [0.25, 0.3) is 0 Å². The summed E-state index contributed by atoms with van der Waals surface area (Å²) in [6.07, 6.45) is 1.20. The zero-order valence-electron chi connectivity index (χ0n) is 24.9. The van der Waals surface area contributed by atoms with Crippen molar-refractivity contribution in [2.24, 2.45) is 45.9 Å². The molecule has 1 aliphatic carbocycles. The van der Waals surface area contributed by atoms with E-state index in [1.54, 1.807) is 0 Å². The number of nitrogens with zero attached hydrogens (tertiary/aromatic N) is 1. The Morgan fingerprint density at radius 2 is 1.33 bits per heavy atom. The van der Waals surface area contributed by atoms with Gasteiger partial charge in [0, 0.05) is 68.7 Å². The highest BCUT2D eigenvalue weighted by atomic mass is 16.4. The van der Waals surface area contributed by atoms with Gasteiger partial charge in [0.15, 0.2) is 5.96 Å². The monoisotopic (exact) mass is 598 g/mol. The molecule has 1 fully saturated rings. The molecule has 1 saturated carbocycles. The molecule has 1 aliphatic rings. The van der Waals surface area contributed by atoms with Gasteiger partial charge in [0.2, 0.25) is 0 Å². The first kappa shape index (κ1) is 35.5. The third-order valence-electron chi connectivity index (χ3n) is 8.05. The fourth-order valence-electron chi connectivity index (χ4n) is 5.62. The smallest absolute Gasteiger partial charge is 0.304 e. The first-order valence-electron chi connectivity index (χ1n) is 15.1. The molecule has 0 heterocycles. The van der Waals surface area contributed by atoms with Crippen LogP contribution in [-0.2, 0) is 35.2 Å². The Kier molecular flexibility index (Phi) is 15.5. The van der Waals surface area contributed by atoms with E-state index in [0.717, 1.165) is 5.56 Å². The van der Waals surface area contributed by atoms with Crippen LogP contribution in [0.5, 0.6) is 0 Å². The summed E-state index contributed by atoms with van der Waals surface area (Å²) in [5, 5.41) is 9.46. The molecule has 0 aliphatic heterocycles. The van der Waals surface area contributed by atoms with Crippen LogP contribution in [-0.4, -0.2) is 59.0 Å². The number of carbonyl (C=O) groups excluding carboxylic acids is 5. The summed E-state index contributed by atoms with van der Waals surface area (Å²) in [6.45, 7) is 0.711. The van der Waals surface area contributed by atoms with Crippen LogP contribution in [0.4, 0.5) is 0 Å². The van der Waals surface area contributed by atoms with Crippen molar-refractivity contribution in [2.75, 3.05) is 13.1 Å². The number of aliphatic carboxylic acids is 1. The van der Waals surface area contributed by atoms with E-state index in [1.807, 2.05) is 30.3 Å². The first-order valence-corrected chi connectivity index (χ1v) is 15.1. The molecule has 43 heavy (non-hydrogen) atoms. The van der Waals surface area contributed by atoms with Crippen LogP contribution in [0.1, 0.15) is 82.6 Å². The average Bonchev–Trinajstić information content (AvgIpc) is 2.95. The second-order valence-electron chi connectivity index (χ2n) is 11.5. The van der Waals surface area contributed by atoms with Crippen molar-refractivity contribution >= 4 is 40.8 Å². The molecule has 7 N–H and O–H groups in total. The predicted molar refractivity (Wildman–Crippen MR) is 162 cm³/mol. The maximum absolute atomic E-state index is 13.8. The molecule has 0 spiro atoms. The summed E-state index contributed by atoms with van der Waals surface area (Å²) in [5.41, 5.74) is 17.3. The summed E-state index contributed by atoms with van der Waals surface area (Å²) in [6, 6.07) is 9.16. The molecule has 11 heteroatoms. The zero-order valence-corrected chi connectivity index (χ0v) is 24.9. The Morgan fingerprint density at radius 3 is 1.95 bits per heavy atom. The molecule has 1 aromatic carbocycles. The third-order valence-corrected chi connectivity index (χ3v) is 8.05. The Hall–Kier alpha value is -3.73. The fraction of sp³-hybridized carbons (Fsp3) is 0.594. The number of rotatable bonds is 12. The van der Waals surface area contributed by atoms with Crippen LogP contribution in [0.3, 0.4) is 0 Å². The second kappa shape index (κ2) is 18.7. The largest absolute Gasteiger partial charge is 0.481 e. The molecule has 0 radical (unpaired) electrons. The lowest BCUT2D eigenvalue weighted by Gasteiger charge is -2.22. The van der Waals surface area contributed by atoms with Gasteiger partial charge in [-0.05, 0) is 44.2 Å². The summed E-state index contributed by atoms with van der Waals surface area (Å²) in [4.78, 5) is 82.5. The number of aliphatic imine (C=N–C) groups is 1. The molecule has 11 nitrogen and oxygen atoms in total. The average molecular weight is 599 g/mol. The minimum Gasteiger partial charge on any atom is -0.481 e. The minimum absolute atomic E-state index is 0.0701. The van der Waals surface area contributed by atoms with E-state index in [0.29, 0.717) is 38.6 Å². The molecule has 236 valence electrons. The number of hydrogen-bond donors (Lipinski definition) is 4. The molecule has 0 unspecified atom stereocenters. The number of carboxylic acid groups (broad SMARTS) is 1. The SMILES string of the molecule is NCCCC[C@@H]1CC(=O)[C@@H](Cc2ccccc2)CC(=O)[C@H](CC(=O)O)CC(=O)CCC(=O)[C@H](CCCN=C(N)N)CC1=O. The Balaban J connectivity index is 2.44. The maximum Gasteiger partial charge on any atom is 0.304 e. The highest BCUT2D eigenvalue weighted by Crippen LogP contribution is 2.28. The Morgan fingerprint density at radius 1 is 0.744 bits per heavy atom. The van der Waals surface area contributed by atoms with Crippen molar-refractivity contribution in [3.05, 3.63) is 35.9 Å². The summed E-state index contributed by atoms with van der Waals surface area (Å²) in [5.74, 6) is -6.14. The maximum atomic E-state index is 13.8. The van der Waals surface area contributed by atoms with Crippen molar-refractivity contribution in [1.29, 1.82) is 0 Å². The van der Waals surface area contributed by atoms with Gasteiger partial charge in [-0.25, -0.2) is 0 Å². The number of nitrogens with two attached hydrogens (primary N) is 3. The number of carboxylic acids is 1. The van der Waals surface area contributed by atoms with Gasteiger partial charge in [-0.15, -0.1) is 0 Å². The van der Waals surface area contributed by atoms with E-state index in [-0.39, 0.29) is 74.8 Å². The third kappa shape index (κ3) is 13.4. The van der Waals surface area contributed by atoms with Crippen molar-refractivity contribution in [3.8, 4) is 0 Å². The van der Waals surface area contributed by atoms with Crippen LogP contribution in [0.15, 0.2) is 35.3 Å². The molecule has 0 bridgehead atoms. The van der Waals surface area contributed by atoms with E-state index >= 15 is 0 Å². The van der Waals surface area contributed by atoms with Crippen LogP contribution in [0.25, 0.3) is 0 Å². The molecular weight excluding hydrogens is 552 g/mol. The molecule has 1 aromatic rings. The van der Waals surface area contributed by atoms with E-state index in [4.69, 9.17) is 17.2 Å². The van der Waals surface area contributed by atoms with Gasteiger partial charge in [-0.1, -0.05) is 36.8 Å². The van der Waals surface area contributed by atoms with E-state index in [1.165, 1.54) is 0 Å². The number of unbranched alkanes of at least 4 members (excludes halogenated alkanes) is 1. The molecule has 0 saturated heterocycles. The normalized spacial score (nSPS) is 23.0. The quantitative estimate of drug-likeness (QED) is 0.157. The Labute approximate surface area is 253 Å². The number of ketones is 5. The molecular formula is C32H46N4O7. The Bertz CT molecular complexity index is 1150. The van der Waals surface area contributed by atoms with Crippen molar-refractivity contribution in [1.82, 2.24) is 0 Å². The summed E-state index contributed by atoms with van der Waals surface area (Å²) >= 11 is 0. The predicted octanol–water partition coefficient (Wildman–Crippen LogP) is 2.55. The molecule has 2 rings (SSSR count). The lowest BCUT2D eigenvalue weighted by molar-refractivity contribution is -0.142. The number of benzene rings is 1. The first-order chi connectivity index (χ1) is 20.5. The van der Waals surface area contributed by atoms with Crippen LogP contribution in [0, 0.1) is 23.7 Å². The lowest BCUT2D eigenvalue weighted by atomic mass is 9.79. The minimum atomic E-state index is -1.22. The number of carbonyl (C=O) groups is 6. The molecule has 0 amide bonds. The number of guanidine groups is 1. The standard InChI is InChI=1S/C32H46N4O7/c33-13-5-4-9-23-18-29(40)24(15-21-7-2-1-3-8-21)19-30(41)25(20-31(42)43)16-26(37)11-12-27(38)22(17-28(23)39)10-6-14-36-32(34)35/h1-3,7-8,22-25H,4-6,9-20,33H2,(H,42,43)(H4,34,35,36)/t22-,23-,24+,25+/m1/s1. The van der Waals surface area contributed by atoms with Crippen LogP contribution in [0.2, 0.25) is 0 Å². The van der Waals surface area contributed by atoms with Crippen LogP contribution < -0.4 is 17.2 Å². The van der Waals surface area contributed by atoms with E-state index in [9.17, 15) is 33.9 Å². The highest BCUT2D eigenvalue weighted by molar-refractivity contribution is 5.97. The van der Waals surface area contributed by atoms with Gasteiger partial charge >= 0.3 is 5.97 Å². The van der Waals surface area contributed by atoms with Crippen molar-refractivity contribution in [3.63, 3.8) is 0 Å². The van der Waals surface area contributed by atoms with Crippen molar-refractivity contribution < 1.29 is 33.9 Å². The van der Waals surface area contributed by atoms with Crippen molar-refractivity contribution in [2.45, 2.75) is 83.5 Å². The second-order valence-corrected chi connectivity index (χ2v) is 11.5.